The molecule has 1 aromatic carbocycles. The molecule has 19 heavy (non-hydrogen) atoms. The number of amides is 1. The van der Waals surface area contributed by atoms with Crippen LogP contribution in [0.15, 0.2) is 18.2 Å². The van der Waals surface area contributed by atoms with Crippen molar-refractivity contribution in [2.45, 2.75) is 43.9 Å². The topological polar surface area (TPSA) is 60.8 Å². The van der Waals surface area contributed by atoms with Crippen LogP contribution < -0.4 is 0 Å². The number of phenols is 1. The molecule has 2 aliphatic rings. The van der Waals surface area contributed by atoms with E-state index in [1.54, 1.807) is 4.90 Å². The van der Waals surface area contributed by atoms with Crippen LogP contribution in [0.3, 0.4) is 0 Å². The molecular formula is C14H16FNO3. The molecule has 0 radical (unpaired) electrons. The first-order chi connectivity index (χ1) is 9.06. The van der Waals surface area contributed by atoms with Gasteiger partial charge in [0, 0.05) is 18.2 Å². The van der Waals surface area contributed by atoms with E-state index in [1.165, 1.54) is 12.1 Å². The second-order valence-electron chi connectivity index (χ2n) is 5.39. The second-order valence-corrected chi connectivity index (χ2v) is 5.39. The summed E-state index contributed by atoms with van der Waals surface area (Å²) in [6, 6.07) is 3.60. The van der Waals surface area contributed by atoms with Gasteiger partial charge in [-0.2, -0.15) is 0 Å². The Labute approximate surface area is 110 Å². The number of aromatic hydroxyl groups is 1. The average Bonchev–Trinajstić information content (AvgIpc) is 2.61. The Morgan fingerprint density at radius 3 is 2.47 bits per heavy atom. The Morgan fingerprint density at radius 1 is 1.26 bits per heavy atom. The van der Waals surface area contributed by atoms with E-state index in [0.29, 0.717) is 12.8 Å². The SMILES string of the molecule is O=C(c1ccc(O)cc1F)N1C2CCC1CC(O)C2. The number of hydrogen-bond donors (Lipinski definition) is 2. The number of fused-ring (bicyclic) bond motifs is 2. The maximum Gasteiger partial charge on any atom is 0.257 e. The van der Waals surface area contributed by atoms with Crippen molar-refractivity contribution in [2.75, 3.05) is 0 Å². The van der Waals surface area contributed by atoms with E-state index in [0.717, 1.165) is 18.9 Å². The molecule has 2 fully saturated rings. The molecule has 2 saturated heterocycles. The number of carbonyl (C=O) groups is 1. The van der Waals surface area contributed by atoms with E-state index in [4.69, 9.17) is 0 Å². The summed E-state index contributed by atoms with van der Waals surface area (Å²) in [5, 5.41) is 18.9. The number of aliphatic hydroxyl groups is 1. The first-order valence-electron chi connectivity index (χ1n) is 6.55. The van der Waals surface area contributed by atoms with Crippen LogP contribution in [-0.4, -0.2) is 39.2 Å². The zero-order chi connectivity index (χ0) is 13.6. The third-order valence-corrected chi connectivity index (χ3v) is 4.13. The van der Waals surface area contributed by atoms with Gasteiger partial charge >= 0.3 is 0 Å². The van der Waals surface area contributed by atoms with E-state index in [-0.39, 0.29) is 35.4 Å². The Balaban J connectivity index is 1.88. The molecule has 2 bridgehead atoms. The molecule has 102 valence electrons. The molecular weight excluding hydrogens is 249 g/mol. The molecule has 5 heteroatoms. The number of phenolic OH excluding ortho intramolecular Hbond substituents is 1. The van der Waals surface area contributed by atoms with Crippen molar-refractivity contribution >= 4 is 5.91 Å². The number of aliphatic hydroxyl groups excluding tert-OH is 1. The van der Waals surface area contributed by atoms with Gasteiger partial charge in [-0.05, 0) is 37.8 Å². The molecule has 0 spiro atoms. The van der Waals surface area contributed by atoms with Gasteiger partial charge in [0.15, 0.2) is 0 Å². The van der Waals surface area contributed by atoms with Crippen molar-refractivity contribution in [2.24, 2.45) is 0 Å². The van der Waals surface area contributed by atoms with Crippen LogP contribution in [0.2, 0.25) is 0 Å². The van der Waals surface area contributed by atoms with Crippen LogP contribution in [0, 0.1) is 5.82 Å². The highest BCUT2D eigenvalue weighted by molar-refractivity contribution is 5.95. The van der Waals surface area contributed by atoms with Gasteiger partial charge < -0.3 is 15.1 Å². The molecule has 1 amide bonds. The number of halogens is 1. The van der Waals surface area contributed by atoms with Gasteiger partial charge in [0.2, 0.25) is 0 Å². The first kappa shape index (κ1) is 12.4. The predicted molar refractivity (Wildman–Crippen MR) is 66.3 cm³/mol. The third-order valence-electron chi connectivity index (χ3n) is 4.13. The van der Waals surface area contributed by atoms with Crippen LogP contribution in [0.5, 0.6) is 5.75 Å². The summed E-state index contributed by atoms with van der Waals surface area (Å²) in [5.74, 6) is -1.22. The molecule has 3 rings (SSSR count). The van der Waals surface area contributed by atoms with Gasteiger partial charge in [0.25, 0.3) is 5.91 Å². The first-order valence-corrected chi connectivity index (χ1v) is 6.55. The van der Waals surface area contributed by atoms with E-state index in [9.17, 15) is 19.4 Å². The fourth-order valence-corrected chi connectivity index (χ4v) is 3.30. The molecule has 2 aliphatic heterocycles. The van der Waals surface area contributed by atoms with Crippen molar-refractivity contribution in [3.63, 3.8) is 0 Å². The van der Waals surface area contributed by atoms with Crippen molar-refractivity contribution in [1.29, 1.82) is 0 Å². The number of piperidine rings is 1. The van der Waals surface area contributed by atoms with Gasteiger partial charge in [-0.1, -0.05) is 0 Å². The summed E-state index contributed by atoms with van der Waals surface area (Å²) in [4.78, 5) is 14.1. The highest BCUT2D eigenvalue weighted by Crippen LogP contribution is 2.37. The Bertz CT molecular complexity index is 505. The molecule has 2 atom stereocenters. The summed E-state index contributed by atoms with van der Waals surface area (Å²) in [6.45, 7) is 0. The highest BCUT2D eigenvalue weighted by atomic mass is 19.1. The zero-order valence-corrected chi connectivity index (χ0v) is 10.4. The van der Waals surface area contributed by atoms with E-state index in [1.807, 2.05) is 0 Å². The minimum absolute atomic E-state index is 0.00825. The number of rotatable bonds is 1. The molecule has 0 aromatic heterocycles. The van der Waals surface area contributed by atoms with Gasteiger partial charge in [-0.25, -0.2) is 4.39 Å². The standard InChI is InChI=1S/C14H16FNO3/c15-13-7-10(17)3-4-12(13)14(19)16-8-1-2-9(16)6-11(18)5-8/h3-4,7-9,11,17-18H,1-2,5-6H2. The second kappa shape index (κ2) is 4.49. The van der Waals surface area contributed by atoms with Crippen LogP contribution in [0.25, 0.3) is 0 Å². The summed E-state index contributed by atoms with van der Waals surface area (Å²) in [5.41, 5.74) is -0.00825. The number of benzene rings is 1. The van der Waals surface area contributed by atoms with E-state index >= 15 is 0 Å². The van der Waals surface area contributed by atoms with Crippen LogP contribution >= 0.6 is 0 Å². The fourth-order valence-electron chi connectivity index (χ4n) is 3.30. The van der Waals surface area contributed by atoms with Gasteiger partial charge in [-0.3, -0.25) is 4.79 Å². The predicted octanol–water partition coefficient (Wildman–Crippen LogP) is 1.66. The number of hydrogen-bond acceptors (Lipinski definition) is 3. The van der Waals surface area contributed by atoms with Crippen molar-refractivity contribution in [3.8, 4) is 5.75 Å². The lowest BCUT2D eigenvalue weighted by Crippen LogP contribution is -2.48. The summed E-state index contributed by atoms with van der Waals surface area (Å²) >= 11 is 0. The highest BCUT2D eigenvalue weighted by Gasteiger charge is 2.43. The smallest absolute Gasteiger partial charge is 0.257 e. The minimum Gasteiger partial charge on any atom is -0.508 e. The van der Waals surface area contributed by atoms with Crippen molar-refractivity contribution in [1.82, 2.24) is 4.90 Å². The molecule has 2 unspecified atom stereocenters. The molecule has 0 aliphatic carbocycles. The largest absolute Gasteiger partial charge is 0.508 e. The normalized spacial score (nSPS) is 29.6. The van der Waals surface area contributed by atoms with Crippen molar-refractivity contribution in [3.05, 3.63) is 29.6 Å². The molecule has 4 nitrogen and oxygen atoms in total. The van der Waals surface area contributed by atoms with Crippen LogP contribution in [-0.2, 0) is 0 Å². The summed E-state index contributed by atoms with van der Waals surface area (Å²) < 4.78 is 13.8. The average molecular weight is 265 g/mol. The minimum atomic E-state index is -0.699. The maximum atomic E-state index is 13.8. The zero-order valence-electron chi connectivity index (χ0n) is 10.4. The van der Waals surface area contributed by atoms with E-state index in [2.05, 4.69) is 0 Å². The molecule has 2 heterocycles. The fraction of sp³-hybridized carbons (Fsp3) is 0.500. The van der Waals surface area contributed by atoms with Crippen LogP contribution in [0.4, 0.5) is 4.39 Å². The molecule has 2 N–H and O–H groups in total. The lowest BCUT2D eigenvalue weighted by molar-refractivity contribution is 0.0284. The lowest BCUT2D eigenvalue weighted by atomic mass is 9.98. The Kier molecular flexibility index (Phi) is 2.93. The third kappa shape index (κ3) is 2.08. The van der Waals surface area contributed by atoms with E-state index < -0.39 is 5.82 Å². The van der Waals surface area contributed by atoms with Gasteiger partial charge in [0.05, 0.1) is 11.7 Å². The van der Waals surface area contributed by atoms with Gasteiger partial charge in [0.1, 0.15) is 11.6 Å². The monoisotopic (exact) mass is 265 g/mol. The van der Waals surface area contributed by atoms with Gasteiger partial charge in [-0.15, -0.1) is 0 Å². The summed E-state index contributed by atoms with van der Waals surface area (Å²) in [7, 11) is 0. The Morgan fingerprint density at radius 2 is 1.89 bits per heavy atom. The Hall–Kier alpha value is -1.62. The lowest BCUT2D eigenvalue weighted by Gasteiger charge is -2.37. The number of carbonyl (C=O) groups excluding carboxylic acids is 1. The summed E-state index contributed by atoms with van der Waals surface area (Å²) in [6.07, 6.45) is 2.52. The number of nitrogens with zero attached hydrogens (tertiary/aromatic N) is 1. The quantitative estimate of drug-likeness (QED) is 0.811. The van der Waals surface area contributed by atoms with Crippen LogP contribution in [0.1, 0.15) is 36.0 Å². The van der Waals surface area contributed by atoms with Crippen molar-refractivity contribution < 1.29 is 19.4 Å². The maximum absolute atomic E-state index is 13.8. The molecule has 0 saturated carbocycles. The molecule has 1 aromatic rings.